The number of likely N-dealkylation sites (N-methyl/N-ethyl adjacent to an activating group) is 1. The number of carbonyl (C=O) groups is 2. The molecule has 32 heavy (non-hydrogen) atoms. The number of amides is 2. The van der Waals surface area contributed by atoms with E-state index in [1.54, 1.807) is 6.20 Å². The Kier molecular flexibility index (Phi) is 6.25. The summed E-state index contributed by atoms with van der Waals surface area (Å²) in [5.74, 6) is 1.95. The van der Waals surface area contributed by atoms with Crippen molar-refractivity contribution in [1.82, 2.24) is 30.0 Å². The molecule has 4 aliphatic rings. The quantitative estimate of drug-likeness (QED) is 0.726. The monoisotopic (exact) mass is 442 g/mol. The van der Waals surface area contributed by atoms with Gasteiger partial charge in [0, 0.05) is 44.6 Å². The fourth-order valence-corrected chi connectivity index (χ4v) is 6.40. The molecule has 3 aliphatic heterocycles. The second-order valence-electron chi connectivity index (χ2n) is 10.7. The molecule has 1 spiro atoms. The molecule has 1 saturated carbocycles. The Morgan fingerprint density at radius 3 is 2.69 bits per heavy atom. The van der Waals surface area contributed by atoms with E-state index in [2.05, 4.69) is 32.1 Å². The Morgan fingerprint density at radius 1 is 1.19 bits per heavy atom. The van der Waals surface area contributed by atoms with Gasteiger partial charge in [-0.1, -0.05) is 19.3 Å². The van der Waals surface area contributed by atoms with Crippen molar-refractivity contribution in [2.24, 2.45) is 5.92 Å². The molecule has 1 aromatic rings. The summed E-state index contributed by atoms with van der Waals surface area (Å²) in [7, 11) is 2.18. The number of carbonyl (C=O) groups excluding carboxylic acids is 2. The van der Waals surface area contributed by atoms with E-state index < -0.39 is 0 Å². The number of hydrogen-bond acceptors (Lipinski definition) is 5. The average Bonchev–Trinajstić information content (AvgIpc) is 3.45. The molecule has 0 radical (unpaired) electrons. The molecule has 0 unspecified atom stereocenters. The highest BCUT2D eigenvalue weighted by atomic mass is 16.2. The molecule has 4 heterocycles. The summed E-state index contributed by atoms with van der Waals surface area (Å²) in [6.07, 6.45) is 13.2. The number of piperidine rings is 1. The van der Waals surface area contributed by atoms with Crippen molar-refractivity contribution >= 4 is 11.8 Å². The molecule has 2 atom stereocenters. The van der Waals surface area contributed by atoms with Crippen molar-refractivity contribution < 1.29 is 9.59 Å². The summed E-state index contributed by atoms with van der Waals surface area (Å²) in [6.45, 7) is 4.31. The molecule has 5 rings (SSSR count). The van der Waals surface area contributed by atoms with Crippen LogP contribution >= 0.6 is 0 Å². The van der Waals surface area contributed by atoms with Gasteiger partial charge in [0.1, 0.15) is 11.9 Å². The molecule has 4 fully saturated rings. The first-order chi connectivity index (χ1) is 15.5. The number of nitrogens with zero attached hydrogens (tertiary/aromatic N) is 4. The van der Waals surface area contributed by atoms with E-state index in [9.17, 15) is 9.59 Å². The minimum absolute atomic E-state index is 0.0592. The lowest BCUT2D eigenvalue weighted by molar-refractivity contribution is -0.135. The first kappa shape index (κ1) is 21.9. The predicted octanol–water partition coefficient (Wildman–Crippen LogP) is 1.75. The van der Waals surface area contributed by atoms with E-state index in [0.717, 1.165) is 57.2 Å². The Morgan fingerprint density at radius 2 is 1.97 bits per heavy atom. The lowest BCUT2D eigenvalue weighted by Gasteiger charge is -2.41. The fraction of sp³-hybridized carbons (Fsp3) is 0.792. The zero-order valence-corrected chi connectivity index (χ0v) is 19.4. The van der Waals surface area contributed by atoms with Crippen molar-refractivity contribution in [3.05, 3.63) is 18.2 Å². The van der Waals surface area contributed by atoms with Crippen molar-refractivity contribution in [3.63, 3.8) is 0 Å². The zero-order valence-electron chi connectivity index (χ0n) is 19.4. The van der Waals surface area contributed by atoms with Crippen molar-refractivity contribution in [2.75, 3.05) is 33.2 Å². The van der Waals surface area contributed by atoms with Crippen LogP contribution in [0.5, 0.6) is 0 Å². The van der Waals surface area contributed by atoms with Crippen LogP contribution in [-0.4, -0.2) is 87.3 Å². The topological polar surface area (TPSA) is 84.6 Å². The Balaban J connectivity index is 1.18. The molecule has 3 saturated heterocycles. The van der Waals surface area contributed by atoms with Gasteiger partial charge in [0.05, 0.1) is 18.5 Å². The first-order valence-electron chi connectivity index (χ1n) is 12.5. The number of aromatic amines is 1. The van der Waals surface area contributed by atoms with Crippen molar-refractivity contribution in [3.8, 4) is 0 Å². The molecule has 8 heteroatoms. The third-order valence-corrected chi connectivity index (χ3v) is 8.42. The Hall–Kier alpha value is -1.93. The maximum atomic E-state index is 13.3. The second kappa shape index (κ2) is 9.14. The van der Waals surface area contributed by atoms with Crippen LogP contribution in [0.15, 0.2) is 12.4 Å². The van der Waals surface area contributed by atoms with Crippen LogP contribution < -0.4 is 5.32 Å². The molecular weight excluding hydrogens is 404 g/mol. The van der Waals surface area contributed by atoms with E-state index in [1.807, 2.05) is 11.1 Å². The Bertz CT molecular complexity index is 769. The van der Waals surface area contributed by atoms with E-state index in [1.165, 1.54) is 32.1 Å². The maximum Gasteiger partial charge on any atom is 0.243 e. The van der Waals surface area contributed by atoms with Crippen LogP contribution in [0.1, 0.15) is 63.6 Å². The van der Waals surface area contributed by atoms with Crippen LogP contribution in [0, 0.1) is 5.92 Å². The largest absolute Gasteiger partial charge is 0.348 e. The van der Waals surface area contributed by atoms with Gasteiger partial charge in [-0.25, -0.2) is 4.98 Å². The number of H-pyrrole nitrogens is 1. The fourth-order valence-electron chi connectivity index (χ4n) is 6.40. The van der Waals surface area contributed by atoms with Gasteiger partial charge >= 0.3 is 0 Å². The van der Waals surface area contributed by atoms with Gasteiger partial charge < -0.3 is 20.1 Å². The zero-order chi connectivity index (χ0) is 22.1. The minimum Gasteiger partial charge on any atom is -0.348 e. The minimum atomic E-state index is -0.387. The normalized spacial score (nSPS) is 29.4. The molecule has 176 valence electrons. The van der Waals surface area contributed by atoms with Crippen LogP contribution in [0.25, 0.3) is 0 Å². The van der Waals surface area contributed by atoms with Crippen LogP contribution in [0.3, 0.4) is 0 Å². The van der Waals surface area contributed by atoms with Crippen LogP contribution in [0.4, 0.5) is 0 Å². The molecule has 8 nitrogen and oxygen atoms in total. The van der Waals surface area contributed by atoms with Crippen LogP contribution in [-0.2, 0) is 16.1 Å². The molecule has 2 amide bonds. The summed E-state index contributed by atoms with van der Waals surface area (Å²) < 4.78 is 0. The number of nitrogens with one attached hydrogen (secondary N) is 2. The third-order valence-electron chi connectivity index (χ3n) is 8.42. The second-order valence-corrected chi connectivity index (χ2v) is 10.7. The number of rotatable bonds is 5. The maximum absolute atomic E-state index is 13.3. The SMILES string of the molecule is CN(CC1CCCCC1)[C@H]1C[C@H]2C(=O)NC3(CCN(Cc4ncc[nH]4)CC3)CC(=O)N2C1. The predicted molar refractivity (Wildman–Crippen MR) is 122 cm³/mol. The number of aromatic nitrogens is 2. The summed E-state index contributed by atoms with van der Waals surface area (Å²) in [5.41, 5.74) is -0.387. The summed E-state index contributed by atoms with van der Waals surface area (Å²) in [5, 5.41) is 3.35. The molecular formula is C24H38N6O2. The van der Waals surface area contributed by atoms with Gasteiger partial charge in [0.2, 0.25) is 11.8 Å². The van der Waals surface area contributed by atoms with Gasteiger partial charge in [-0.3, -0.25) is 14.5 Å². The lowest BCUT2D eigenvalue weighted by Crippen LogP contribution is -2.56. The van der Waals surface area contributed by atoms with E-state index in [4.69, 9.17) is 0 Å². The lowest BCUT2D eigenvalue weighted by atomic mass is 9.84. The highest BCUT2D eigenvalue weighted by Gasteiger charge is 2.49. The van der Waals surface area contributed by atoms with Crippen LogP contribution in [0.2, 0.25) is 0 Å². The first-order valence-corrected chi connectivity index (χ1v) is 12.5. The van der Waals surface area contributed by atoms with Gasteiger partial charge in [0.15, 0.2) is 0 Å². The molecule has 2 N–H and O–H groups in total. The summed E-state index contributed by atoms with van der Waals surface area (Å²) in [6, 6.07) is -0.0114. The number of hydrogen-bond donors (Lipinski definition) is 2. The number of fused-ring (bicyclic) bond motifs is 1. The van der Waals surface area contributed by atoms with Crippen molar-refractivity contribution in [1.29, 1.82) is 0 Å². The van der Waals surface area contributed by atoms with Gasteiger partial charge in [0.25, 0.3) is 0 Å². The smallest absolute Gasteiger partial charge is 0.243 e. The van der Waals surface area contributed by atoms with Crippen molar-refractivity contribution in [2.45, 2.75) is 82.0 Å². The number of likely N-dealkylation sites (tertiary alicyclic amines) is 1. The van der Waals surface area contributed by atoms with E-state index in [0.29, 0.717) is 19.0 Å². The van der Waals surface area contributed by atoms with E-state index in [-0.39, 0.29) is 23.4 Å². The highest BCUT2D eigenvalue weighted by Crippen LogP contribution is 2.34. The average molecular weight is 443 g/mol. The molecule has 0 aromatic carbocycles. The van der Waals surface area contributed by atoms with Gasteiger partial charge in [-0.2, -0.15) is 0 Å². The summed E-state index contributed by atoms with van der Waals surface area (Å²) >= 11 is 0. The molecule has 0 bridgehead atoms. The third kappa shape index (κ3) is 4.57. The number of imidazole rings is 1. The van der Waals surface area contributed by atoms with Gasteiger partial charge in [-0.15, -0.1) is 0 Å². The standard InChI is InChI=1S/C24H38N6O2/c1-28(15-18-5-3-2-4-6-18)19-13-20-23(32)27-24(14-22(31)30(20)16-19)7-11-29(12-8-24)17-21-25-9-10-26-21/h9-10,18-20H,2-8,11-17H2,1H3,(H,25,26)(H,27,32)/t19-,20-/m0/s1. The Labute approximate surface area is 191 Å². The van der Waals surface area contributed by atoms with Gasteiger partial charge in [-0.05, 0) is 45.1 Å². The highest BCUT2D eigenvalue weighted by molar-refractivity contribution is 5.92. The molecule has 1 aliphatic carbocycles. The summed E-state index contributed by atoms with van der Waals surface area (Å²) in [4.78, 5) is 40.7. The van der Waals surface area contributed by atoms with E-state index >= 15 is 0 Å². The molecule has 1 aromatic heterocycles.